The average Bonchev–Trinajstić information content (AvgIpc) is 2.45. The second kappa shape index (κ2) is 8.31. The molecule has 2 rings (SSSR count). The summed E-state index contributed by atoms with van der Waals surface area (Å²) < 4.78 is 33.5. The van der Waals surface area contributed by atoms with Gasteiger partial charge in [0.25, 0.3) is 0 Å². The molecule has 0 fully saturated rings. The van der Waals surface area contributed by atoms with Gasteiger partial charge in [0.15, 0.2) is 0 Å². The number of carbonyl (C=O) groups is 1. The Labute approximate surface area is 130 Å². The zero-order chi connectivity index (χ0) is 14.4. The molecule has 21 heavy (non-hydrogen) atoms. The van der Waals surface area contributed by atoms with Gasteiger partial charge in [-0.2, -0.15) is 8.78 Å². The van der Waals surface area contributed by atoms with E-state index in [1.165, 1.54) is 36.7 Å². The van der Waals surface area contributed by atoms with E-state index in [4.69, 9.17) is 4.74 Å². The summed E-state index contributed by atoms with van der Waals surface area (Å²) in [6, 6.07) is 9.05. The fourth-order valence-electron chi connectivity index (χ4n) is 1.53. The highest BCUT2D eigenvalue weighted by Crippen LogP contribution is 2.16. The van der Waals surface area contributed by atoms with Crippen molar-refractivity contribution in [2.45, 2.75) is 13.2 Å². The third-order valence-corrected chi connectivity index (χ3v) is 2.41. The van der Waals surface area contributed by atoms with Crippen LogP contribution in [0, 0.1) is 0 Å². The molecule has 0 aliphatic rings. The van der Waals surface area contributed by atoms with Crippen LogP contribution in [0.5, 0.6) is 5.75 Å². The Hall–Kier alpha value is -2.02. The predicted molar refractivity (Wildman–Crippen MR) is 76.8 cm³/mol. The monoisotopic (exact) mass is 359 g/mol. The van der Waals surface area contributed by atoms with Gasteiger partial charge in [0.05, 0.1) is 5.56 Å². The smallest absolute Gasteiger partial charge is 0.387 e. The molecule has 0 atom stereocenters. The highest BCUT2D eigenvalue weighted by Gasteiger charge is 2.08. The van der Waals surface area contributed by atoms with Crippen LogP contribution < -0.4 is 4.74 Å². The van der Waals surface area contributed by atoms with Crippen LogP contribution in [0.2, 0.25) is 0 Å². The fraction of sp³-hybridized carbons (Fsp3) is 0.143. The highest BCUT2D eigenvalue weighted by atomic mass is 79.9. The van der Waals surface area contributed by atoms with Crippen molar-refractivity contribution in [1.82, 2.24) is 4.98 Å². The zero-order valence-corrected chi connectivity index (χ0v) is 12.5. The molecule has 4 nitrogen and oxygen atoms in total. The Bertz CT molecular complexity index is 581. The molecule has 7 heteroatoms. The first kappa shape index (κ1) is 17.0. The minimum atomic E-state index is -2.88. The Morgan fingerprint density at radius 3 is 2.57 bits per heavy atom. The highest BCUT2D eigenvalue weighted by molar-refractivity contribution is 8.93. The lowest BCUT2D eigenvalue weighted by molar-refractivity contribution is -0.0499. The van der Waals surface area contributed by atoms with E-state index < -0.39 is 12.6 Å². The van der Waals surface area contributed by atoms with Gasteiger partial charge in [-0.3, -0.25) is 4.98 Å². The van der Waals surface area contributed by atoms with Crippen LogP contribution in [0.1, 0.15) is 15.9 Å². The van der Waals surface area contributed by atoms with Crippen LogP contribution >= 0.6 is 17.0 Å². The number of ether oxygens (including phenoxy) is 2. The number of halogens is 3. The summed E-state index contributed by atoms with van der Waals surface area (Å²) in [4.78, 5) is 15.5. The third kappa shape index (κ3) is 5.47. The minimum Gasteiger partial charge on any atom is -0.457 e. The number of nitrogens with zero attached hydrogens (tertiary/aromatic N) is 1. The van der Waals surface area contributed by atoms with E-state index in [2.05, 4.69) is 9.72 Å². The van der Waals surface area contributed by atoms with Crippen molar-refractivity contribution in [3.63, 3.8) is 0 Å². The number of carbonyl (C=O) groups excluding carboxylic acids is 1. The van der Waals surface area contributed by atoms with E-state index in [0.717, 1.165) is 0 Å². The molecule has 1 aromatic carbocycles. The molecular weight excluding hydrogens is 348 g/mol. The van der Waals surface area contributed by atoms with Gasteiger partial charge in [-0.25, -0.2) is 4.79 Å². The number of hydrogen-bond donors (Lipinski definition) is 0. The molecule has 0 unspecified atom stereocenters. The van der Waals surface area contributed by atoms with Crippen LogP contribution in [0.4, 0.5) is 8.78 Å². The molecule has 1 aromatic heterocycles. The molecule has 0 aliphatic heterocycles. The first-order valence-corrected chi connectivity index (χ1v) is 5.76. The first-order valence-electron chi connectivity index (χ1n) is 5.76. The molecule has 112 valence electrons. The second-order valence-corrected chi connectivity index (χ2v) is 3.84. The largest absolute Gasteiger partial charge is 0.457 e. The summed E-state index contributed by atoms with van der Waals surface area (Å²) in [5.41, 5.74) is 0.936. The number of aromatic nitrogens is 1. The lowest BCUT2D eigenvalue weighted by atomic mass is 10.2. The normalized spacial score (nSPS) is 9.86. The summed E-state index contributed by atoms with van der Waals surface area (Å²) in [5, 5.41) is 0. The number of pyridine rings is 1. The van der Waals surface area contributed by atoms with Crippen molar-refractivity contribution in [3.8, 4) is 5.75 Å². The molecule has 0 bridgehead atoms. The number of hydrogen-bond acceptors (Lipinski definition) is 4. The van der Waals surface area contributed by atoms with Crippen LogP contribution in [-0.2, 0) is 11.3 Å². The van der Waals surface area contributed by atoms with E-state index in [0.29, 0.717) is 11.1 Å². The molecule has 2 aromatic rings. The first-order chi connectivity index (χ1) is 9.65. The summed E-state index contributed by atoms with van der Waals surface area (Å²) in [7, 11) is 0. The quantitative estimate of drug-likeness (QED) is 0.765. The lowest BCUT2D eigenvalue weighted by Crippen LogP contribution is -2.06. The Balaban J connectivity index is 0.00000220. The fourth-order valence-corrected chi connectivity index (χ4v) is 1.53. The number of benzene rings is 1. The third-order valence-electron chi connectivity index (χ3n) is 2.41. The summed E-state index contributed by atoms with van der Waals surface area (Å²) in [5.74, 6) is -0.481. The molecule has 0 spiro atoms. The van der Waals surface area contributed by atoms with Crippen molar-refractivity contribution in [2.24, 2.45) is 0 Å². The van der Waals surface area contributed by atoms with Gasteiger partial charge in [0.1, 0.15) is 12.4 Å². The van der Waals surface area contributed by atoms with Crippen molar-refractivity contribution in [3.05, 3.63) is 59.9 Å². The Morgan fingerprint density at radius 1 is 1.19 bits per heavy atom. The summed E-state index contributed by atoms with van der Waals surface area (Å²) in [6.07, 6.45) is 2.96. The van der Waals surface area contributed by atoms with Crippen molar-refractivity contribution in [2.75, 3.05) is 0 Å². The SMILES string of the molecule is Br.O=C(OCc1cccc(OC(F)F)c1)c1ccncc1. The minimum absolute atomic E-state index is 0. The molecule has 0 amide bonds. The number of esters is 1. The van der Waals surface area contributed by atoms with E-state index in [9.17, 15) is 13.6 Å². The summed E-state index contributed by atoms with van der Waals surface area (Å²) in [6.45, 7) is -2.91. The van der Waals surface area contributed by atoms with Gasteiger partial charge in [-0.05, 0) is 29.8 Å². The number of rotatable bonds is 5. The predicted octanol–water partition coefficient (Wildman–Crippen LogP) is 3.62. The molecule has 0 N–H and O–H groups in total. The zero-order valence-electron chi connectivity index (χ0n) is 10.7. The van der Waals surface area contributed by atoms with Gasteiger partial charge < -0.3 is 9.47 Å². The van der Waals surface area contributed by atoms with E-state index in [1.807, 2.05) is 0 Å². The second-order valence-electron chi connectivity index (χ2n) is 3.84. The molecule has 1 heterocycles. The maximum absolute atomic E-state index is 12.1. The maximum Gasteiger partial charge on any atom is 0.387 e. The lowest BCUT2D eigenvalue weighted by Gasteiger charge is -2.07. The molecule has 0 radical (unpaired) electrons. The van der Waals surface area contributed by atoms with Gasteiger partial charge in [0, 0.05) is 12.4 Å². The van der Waals surface area contributed by atoms with Crippen molar-refractivity contribution >= 4 is 23.0 Å². The van der Waals surface area contributed by atoms with Crippen LogP contribution in [0.3, 0.4) is 0 Å². The van der Waals surface area contributed by atoms with Gasteiger partial charge in [-0.1, -0.05) is 12.1 Å². The molecule has 0 aliphatic carbocycles. The van der Waals surface area contributed by atoms with Crippen molar-refractivity contribution in [1.29, 1.82) is 0 Å². The molecule has 0 saturated heterocycles. The van der Waals surface area contributed by atoms with Crippen LogP contribution in [-0.4, -0.2) is 17.6 Å². The Kier molecular flexibility index (Phi) is 6.74. The summed E-state index contributed by atoms with van der Waals surface area (Å²) >= 11 is 0. The van der Waals surface area contributed by atoms with Crippen LogP contribution in [0.25, 0.3) is 0 Å². The maximum atomic E-state index is 12.1. The molecule has 0 saturated carbocycles. The Morgan fingerprint density at radius 2 is 1.90 bits per heavy atom. The number of alkyl halides is 2. The van der Waals surface area contributed by atoms with Crippen molar-refractivity contribution < 1.29 is 23.0 Å². The van der Waals surface area contributed by atoms with E-state index in [-0.39, 0.29) is 29.3 Å². The standard InChI is InChI=1S/C14H11F2NO3.BrH/c15-14(16)20-12-3-1-2-10(8-12)9-19-13(18)11-4-6-17-7-5-11;/h1-8,14H,9H2;1H. The molecular formula is C14H12BrF2NO3. The van der Waals surface area contributed by atoms with Gasteiger partial charge >= 0.3 is 12.6 Å². The van der Waals surface area contributed by atoms with E-state index >= 15 is 0 Å². The average molecular weight is 360 g/mol. The van der Waals surface area contributed by atoms with Crippen LogP contribution in [0.15, 0.2) is 48.8 Å². The van der Waals surface area contributed by atoms with Gasteiger partial charge in [0.2, 0.25) is 0 Å². The van der Waals surface area contributed by atoms with Gasteiger partial charge in [-0.15, -0.1) is 17.0 Å². The topological polar surface area (TPSA) is 48.4 Å². The van der Waals surface area contributed by atoms with E-state index in [1.54, 1.807) is 12.1 Å².